The fourth-order valence-electron chi connectivity index (χ4n) is 3.24. The van der Waals surface area contributed by atoms with Crippen LogP contribution in [0.3, 0.4) is 0 Å². The zero-order chi connectivity index (χ0) is 16.4. The van der Waals surface area contributed by atoms with Crippen LogP contribution in [0.15, 0.2) is 0 Å². The fraction of sp³-hybridized carbons (Fsp3) is 0.800. The highest BCUT2D eigenvalue weighted by atomic mass is 16.4. The van der Waals surface area contributed by atoms with Crippen LogP contribution >= 0.6 is 0 Å². The molecule has 0 bridgehead atoms. The molecule has 0 aromatic carbocycles. The number of aliphatic carboxylic acids is 1. The Morgan fingerprint density at radius 3 is 2.14 bits per heavy atom. The SMILES string of the molecule is CC(C)[C@H](N)C(=O)N1CCC[C@@H]1C(=O)N1CCC[C@@H]1C(=O)O. The summed E-state index contributed by atoms with van der Waals surface area (Å²) in [6.07, 6.45) is 2.50. The number of carboxylic acid groups (broad SMARTS) is 1. The van der Waals surface area contributed by atoms with Gasteiger partial charge in [0, 0.05) is 13.1 Å². The average molecular weight is 311 g/mol. The molecule has 3 atom stereocenters. The molecule has 2 rings (SSSR count). The molecular formula is C15H25N3O4. The van der Waals surface area contributed by atoms with Gasteiger partial charge >= 0.3 is 5.97 Å². The van der Waals surface area contributed by atoms with E-state index in [-0.39, 0.29) is 17.7 Å². The van der Waals surface area contributed by atoms with E-state index in [1.54, 1.807) is 4.90 Å². The minimum Gasteiger partial charge on any atom is -0.480 e. The summed E-state index contributed by atoms with van der Waals surface area (Å²) in [6, 6.07) is -1.94. The minimum absolute atomic E-state index is 0.00223. The van der Waals surface area contributed by atoms with Crippen molar-refractivity contribution < 1.29 is 19.5 Å². The Balaban J connectivity index is 2.11. The summed E-state index contributed by atoms with van der Waals surface area (Å²) in [4.78, 5) is 39.4. The van der Waals surface area contributed by atoms with Crippen LogP contribution in [0.1, 0.15) is 39.5 Å². The van der Waals surface area contributed by atoms with Gasteiger partial charge in [0.05, 0.1) is 6.04 Å². The van der Waals surface area contributed by atoms with Crippen molar-refractivity contribution in [2.75, 3.05) is 13.1 Å². The maximum Gasteiger partial charge on any atom is 0.326 e. The quantitative estimate of drug-likeness (QED) is 0.762. The first kappa shape index (κ1) is 16.7. The molecule has 124 valence electrons. The Hall–Kier alpha value is -1.63. The Morgan fingerprint density at radius 1 is 1.05 bits per heavy atom. The predicted octanol–water partition coefficient (Wildman–Crippen LogP) is 0.0363. The predicted molar refractivity (Wildman–Crippen MR) is 79.9 cm³/mol. The van der Waals surface area contributed by atoms with Gasteiger partial charge in [0.25, 0.3) is 0 Å². The van der Waals surface area contributed by atoms with Crippen molar-refractivity contribution in [3.05, 3.63) is 0 Å². The van der Waals surface area contributed by atoms with E-state index in [1.807, 2.05) is 13.8 Å². The van der Waals surface area contributed by atoms with Crippen LogP contribution in [-0.2, 0) is 14.4 Å². The summed E-state index contributed by atoms with van der Waals surface area (Å²) in [5, 5.41) is 9.22. The van der Waals surface area contributed by atoms with E-state index in [4.69, 9.17) is 5.73 Å². The molecule has 0 saturated carbocycles. The second kappa shape index (κ2) is 6.64. The molecule has 2 fully saturated rings. The van der Waals surface area contributed by atoms with Crippen molar-refractivity contribution in [2.24, 2.45) is 11.7 Å². The van der Waals surface area contributed by atoms with Crippen molar-refractivity contribution in [2.45, 2.75) is 57.7 Å². The summed E-state index contributed by atoms with van der Waals surface area (Å²) in [6.45, 7) is 4.71. The number of hydrogen-bond acceptors (Lipinski definition) is 4. The molecule has 2 saturated heterocycles. The normalized spacial score (nSPS) is 26.5. The second-order valence-electron chi connectivity index (χ2n) is 6.49. The smallest absolute Gasteiger partial charge is 0.326 e. The lowest BCUT2D eigenvalue weighted by molar-refractivity contribution is -0.152. The van der Waals surface area contributed by atoms with Crippen LogP contribution in [0, 0.1) is 5.92 Å². The van der Waals surface area contributed by atoms with E-state index in [1.165, 1.54) is 4.90 Å². The van der Waals surface area contributed by atoms with Gasteiger partial charge in [0.1, 0.15) is 12.1 Å². The van der Waals surface area contributed by atoms with E-state index < -0.39 is 24.1 Å². The third kappa shape index (κ3) is 3.09. The number of rotatable bonds is 4. The average Bonchev–Trinajstić information content (AvgIpc) is 3.13. The number of likely N-dealkylation sites (tertiary alicyclic amines) is 2. The topological polar surface area (TPSA) is 104 Å². The Morgan fingerprint density at radius 2 is 1.59 bits per heavy atom. The standard InChI is InChI=1S/C15H25N3O4/c1-9(2)12(16)14(20)17-7-3-5-10(17)13(19)18-8-4-6-11(18)15(21)22/h9-12H,3-8,16H2,1-2H3,(H,21,22)/t10-,11-,12+/m1/s1. The monoisotopic (exact) mass is 311 g/mol. The molecule has 0 radical (unpaired) electrons. The van der Waals surface area contributed by atoms with Gasteiger partial charge in [0.2, 0.25) is 11.8 Å². The van der Waals surface area contributed by atoms with Gasteiger partial charge in [-0.1, -0.05) is 13.8 Å². The number of amides is 2. The van der Waals surface area contributed by atoms with Crippen molar-refractivity contribution in [3.8, 4) is 0 Å². The van der Waals surface area contributed by atoms with Gasteiger partial charge in [-0.05, 0) is 31.6 Å². The molecule has 22 heavy (non-hydrogen) atoms. The van der Waals surface area contributed by atoms with Gasteiger partial charge in [-0.15, -0.1) is 0 Å². The number of nitrogens with two attached hydrogens (primary N) is 1. The van der Waals surface area contributed by atoms with Crippen molar-refractivity contribution >= 4 is 17.8 Å². The molecule has 3 N–H and O–H groups in total. The van der Waals surface area contributed by atoms with E-state index in [0.717, 1.165) is 6.42 Å². The summed E-state index contributed by atoms with van der Waals surface area (Å²) in [5.74, 6) is -1.42. The molecule has 2 aliphatic rings. The summed E-state index contributed by atoms with van der Waals surface area (Å²) in [7, 11) is 0. The molecule has 2 amide bonds. The van der Waals surface area contributed by atoms with Crippen LogP contribution in [0.25, 0.3) is 0 Å². The maximum absolute atomic E-state index is 12.7. The van der Waals surface area contributed by atoms with Gasteiger partial charge in [-0.25, -0.2) is 4.79 Å². The molecule has 0 unspecified atom stereocenters. The first-order chi connectivity index (χ1) is 10.3. The van der Waals surface area contributed by atoms with Crippen molar-refractivity contribution in [1.82, 2.24) is 9.80 Å². The van der Waals surface area contributed by atoms with E-state index in [9.17, 15) is 19.5 Å². The molecule has 0 aromatic rings. The zero-order valence-electron chi connectivity index (χ0n) is 13.2. The van der Waals surface area contributed by atoms with E-state index in [2.05, 4.69) is 0 Å². The summed E-state index contributed by atoms with van der Waals surface area (Å²) >= 11 is 0. The Labute approximate surface area is 130 Å². The molecule has 7 nitrogen and oxygen atoms in total. The number of carboxylic acids is 1. The highest BCUT2D eigenvalue weighted by Crippen LogP contribution is 2.25. The van der Waals surface area contributed by atoms with Crippen molar-refractivity contribution in [1.29, 1.82) is 0 Å². The van der Waals surface area contributed by atoms with Crippen LogP contribution in [-0.4, -0.2) is 63.9 Å². The molecular weight excluding hydrogens is 286 g/mol. The molecule has 0 aromatic heterocycles. The maximum atomic E-state index is 12.7. The Kier molecular flexibility index (Phi) is 5.05. The number of nitrogens with zero attached hydrogens (tertiary/aromatic N) is 2. The lowest BCUT2D eigenvalue weighted by Gasteiger charge is -2.32. The van der Waals surface area contributed by atoms with Gasteiger partial charge in [-0.2, -0.15) is 0 Å². The van der Waals surface area contributed by atoms with Gasteiger partial charge in [-0.3, -0.25) is 9.59 Å². The van der Waals surface area contributed by atoms with E-state index in [0.29, 0.717) is 32.4 Å². The highest BCUT2D eigenvalue weighted by Gasteiger charge is 2.43. The summed E-state index contributed by atoms with van der Waals surface area (Å²) < 4.78 is 0. The number of carbonyl (C=O) groups excluding carboxylic acids is 2. The van der Waals surface area contributed by atoms with Crippen LogP contribution in [0.5, 0.6) is 0 Å². The third-order valence-corrected chi connectivity index (χ3v) is 4.65. The largest absolute Gasteiger partial charge is 0.480 e. The lowest BCUT2D eigenvalue weighted by atomic mass is 10.0. The fourth-order valence-corrected chi connectivity index (χ4v) is 3.24. The van der Waals surface area contributed by atoms with Crippen LogP contribution < -0.4 is 5.73 Å². The minimum atomic E-state index is -0.972. The number of hydrogen-bond donors (Lipinski definition) is 2. The molecule has 0 aliphatic carbocycles. The third-order valence-electron chi connectivity index (χ3n) is 4.65. The van der Waals surface area contributed by atoms with Crippen LogP contribution in [0.2, 0.25) is 0 Å². The van der Waals surface area contributed by atoms with Gasteiger partial charge < -0.3 is 20.6 Å². The summed E-state index contributed by atoms with van der Waals surface area (Å²) in [5.41, 5.74) is 5.92. The molecule has 0 spiro atoms. The Bertz CT molecular complexity index is 466. The first-order valence-corrected chi connectivity index (χ1v) is 7.94. The highest BCUT2D eigenvalue weighted by molar-refractivity contribution is 5.92. The number of carbonyl (C=O) groups is 3. The lowest BCUT2D eigenvalue weighted by Crippen LogP contribution is -2.54. The zero-order valence-corrected chi connectivity index (χ0v) is 13.2. The molecule has 7 heteroatoms. The van der Waals surface area contributed by atoms with Crippen LogP contribution in [0.4, 0.5) is 0 Å². The molecule has 2 heterocycles. The molecule has 2 aliphatic heterocycles. The van der Waals surface area contributed by atoms with Crippen molar-refractivity contribution in [3.63, 3.8) is 0 Å². The first-order valence-electron chi connectivity index (χ1n) is 7.94. The van der Waals surface area contributed by atoms with E-state index >= 15 is 0 Å². The van der Waals surface area contributed by atoms with Gasteiger partial charge in [0.15, 0.2) is 0 Å². The second-order valence-corrected chi connectivity index (χ2v) is 6.49.